The summed E-state index contributed by atoms with van der Waals surface area (Å²) in [5, 5.41) is 2.49. The Bertz CT molecular complexity index is 961. The van der Waals surface area contributed by atoms with Crippen LogP contribution >= 0.6 is 0 Å². The van der Waals surface area contributed by atoms with E-state index < -0.39 is 28.5 Å². The van der Waals surface area contributed by atoms with Gasteiger partial charge in [0, 0.05) is 31.5 Å². The lowest BCUT2D eigenvalue weighted by Gasteiger charge is -2.12. The molecule has 0 fully saturated rings. The topological polar surface area (TPSA) is 126 Å². The summed E-state index contributed by atoms with van der Waals surface area (Å²) in [6.07, 6.45) is 1.38. The predicted octanol–water partition coefficient (Wildman–Crippen LogP) is 1.26. The first-order valence-corrected chi connectivity index (χ1v) is 9.24. The Morgan fingerprint density at radius 3 is 2.30 bits per heavy atom. The fourth-order valence-corrected chi connectivity index (χ4v) is 2.94. The third kappa shape index (κ3) is 5.02. The number of carbonyl (C=O) groups excluding carboxylic acids is 3. The van der Waals surface area contributed by atoms with Crippen LogP contribution in [0.4, 0.5) is 5.69 Å². The van der Waals surface area contributed by atoms with E-state index in [4.69, 9.17) is 4.74 Å². The maximum Gasteiger partial charge on any atom is 0.355 e. The van der Waals surface area contributed by atoms with E-state index in [1.165, 1.54) is 57.5 Å². The zero-order valence-corrected chi connectivity index (χ0v) is 15.8. The van der Waals surface area contributed by atoms with Crippen molar-refractivity contribution in [3.05, 3.63) is 47.8 Å². The van der Waals surface area contributed by atoms with Crippen molar-refractivity contribution < 1.29 is 27.5 Å². The average Bonchev–Trinajstić information content (AvgIpc) is 3.10. The highest BCUT2D eigenvalue weighted by atomic mass is 32.2. The van der Waals surface area contributed by atoms with Gasteiger partial charge in [-0.25, -0.2) is 17.5 Å². The summed E-state index contributed by atoms with van der Waals surface area (Å²) in [6, 6.07) is 6.92. The summed E-state index contributed by atoms with van der Waals surface area (Å²) in [5.41, 5.74) is 0.748. The number of anilines is 1. The molecule has 0 aliphatic rings. The van der Waals surface area contributed by atoms with Gasteiger partial charge in [0.25, 0.3) is 5.91 Å². The van der Waals surface area contributed by atoms with Crippen LogP contribution in [0.2, 0.25) is 0 Å². The minimum absolute atomic E-state index is 0.0613. The molecular formula is C17H19N3O6S. The number of nitrogens with one attached hydrogen (secondary N) is 2. The number of rotatable bonds is 7. The van der Waals surface area contributed by atoms with Gasteiger partial charge in [0.15, 0.2) is 12.4 Å². The van der Waals surface area contributed by atoms with Crippen molar-refractivity contribution in [3.63, 3.8) is 0 Å². The van der Waals surface area contributed by atoms with Gasteiger partial charge in [0.1, 0.15) is 5.69 Å². The molecule has 0 atom stereocenters. The van der Waals surface area contributed by atoms with Crippen LogP contribution in [0.1, 0.15) is 27.8 Å². The van der Waals surface area contributed by atoms with Crippen molar-refractivity contribution in [2.24, 2.45) is 0 Å². The van der Waals surface area contributed by atoms with Crippen LogP contribution in [0.5, 0.6) is 0 Å². The van der Waals surface area contributed by atoms with Gasteiger partial charge in [0.2, 0.25) is 10.0 Å². The first-order valence-electron chi connectivity index (χ1n) is 7.80. The highest BCUT2D eigenvalue weighted by Crippen LogP contribution is 2.16. The number of ether oxygens (including phenoxy) is 1. The number of amides is 1. The van der Waals surface area contributed by atoms with E-state index in [1.54, 1.807) is 0 Å². The first kappa shape index (κ1) is 20.3. The van der Waals surface area contributed by atoms with Crippen molar-refractivity contribution >= 4 is 33.4 Å². The van der Waals surface area contributed by atoms with Gasteiger partial charge < -0.3 is 15.0 Å². The number of hydrogen-bond acceptors (Lipinski definition) is 6. The summed E-state index contributed by atoms with van der Waals surface area (Å²) in [7, 11) is -0.716. The Balaban J connectivity index is 1.92. The number of aromatic nitrogens is 1. The van der Waals surface area contributed by atoms with Crippen LogP contribution in [0.25, 0.3) is 0 Å². The number of aromatic amines is 1. The summed E-state index contributed by atoms with van der Waals surface area (Å²) in [4.78, 5) is 37.6. The predicted molar refractivity (Wildman–Crippen MR) is 97.0 cm³/mol. The maximum absolute atomic E-state index is 12.0. The lowest BCUT2D eigenvalue weighted by atomic mass is 10.2. The number of Topliss-reactive ketones (excluding diaryl/α,β-unsaturated/α-hetero) is 1. The number of sulfonamides is 1. The molecule has 0 saturated carbocycles. The molecular weight excluding hydrogens is 374 g/mol. The quantitative estimate of drug-likeness (QED) is 0.539. The van der Waals surface area contributed by atoms with Crippen LogP contribution in [-0.2, 0) is 19.6 Å². The van der Waals surface area contributed by atoms with Gasteiger partial charge >= 0.3 is 5.97 Å². The highest BCUT2D eigenvalue weighted by Gasteiger charge is 2.17. The monoisotopic (exact) mass is 393 g/mol. The molecule has 0 aliphatic heterocycles. The molecule has 10 heteroatoms. The van der Waals surface area contributed by atoms with Crippen molar-refractivity contribution in [2.75, 3.05) is 26.0 Å². The smallest absolute Gasteiger partial charge is 0.355 e. The SMILES string of the molecule is CC(=O)c1c[nH]c(C(=O)OCC(=O)Nc2ccc(S(=O)(=O)N(C)C)cc2)c1. The van der Waals surface area contributed by atoms with Crippen molar-refractivity contribution in [1.82, 2.24) is 9.29 Å². The molecule has 0 spiro atoms. The van der Waals surface area contributed by atoms with Crippen molar-refractivity contribution in [2.45, 2.75) is 11.8 Å². The number of H-pyrrole nitrogens is 1. The number of ketones is 1. The summed E-state index contributed by atoms with van der Waals surface area (Å²) in [6.45, 7) is 0.825. The largest absolute Gasteiger partial charge is 0.451 e. The Labute approximate surface area is 156 Å². The zero-order chi connectivity index (χ0) is 20.2. The molecule has 1 aromatic carbocycles. The van der Waals surface area contributed by atoms with Crippen LogP contribution in [0, 0.1) is 0 Å². The van der Waals surface area contributed by atoms with Crippen LogP contribution < -0.4 is 5.32 Å². The molecule has 9 nitrogen and oxygen atoms in total. The number of benzene rings is 1. The van der Waals surface area contributed by atoms with Gasteiger partial charge in [-0.15, -0.1) is 0 Å². The Hall–Kier alpha value is -2.98. The fraction of sp³-hybridized carbons (Fsp3) is 0.235. The van der Waals surface area contributed by atoms with Gasteiger partial charge in [-0.2, -0.15) is 0 Å². The van der Waals surface area contributed by atoms with Crippen molar-refractivity contribution in [3.8, 4) is 0 Å². The van der Waals surface area contributed by atoms with E-state index >= 15 is 0 Å². The Morgan fingerprint density at radius 1 is 1.15 bits per heavy atom. The minimum atomic E-state index is -3.55. The summed E-state index contributed by atoms with van der Waals surface area (Å²) in [5.74, 6) is -1.57. The third-order valence-electron chi connectivity index (χ3n) is 3.56. The molecule has 2 aromatic rings. The minimum Gasteiger partial charge on any atom is -0.451 e. The Morgan fingerprint density at radius 2 is 1.78 bits per heavy atom. The van der Waals surface area contributed by atoms with E-state index in [2.05, 4.69) is 10.3 Å². The molecule has 0 unspecified atom stereocenters. The van der Waals surface area contributed by atoms with Gasteiger partial charge in [-0.1, -0.05) is 0 Å². The summed E-state index contributed by atoms with van der Waals surface area (Å²) < 4.78 is 29.9. The van der Waals surface area contributed by atoms with E-state index in [1.807, 2.05) is 0 Å². The second kappa shape index (κ2) is 8.14. The third-order valence-corrected chi connectivity index (χ3v) is 5.39. The molecule has 1 amide bonds. The molecule has 1 aromatic heterocycles. The molecule has 2 N–H and O–H groups in total. The molecule has 0 saturated heterocycles. The molecule has 144 valence electrons. The highest BCUT2D eigenvalue weighted by molar-refractivity contribution is 7.89. The van der Waals surface area contributed by atoms with Crippen LogP contribution in [-0.4, -0.2) is 56.1 Å². The second-order valence-electron chi connectivity index (χ2n) is 5.79. The van der Waals surface area contributed by atoms with E-state index in [-0.39, 0.29) is 16.4 Å². The van der Waals surface area contributed by atoms with Crippen LogP contribution in [0.3, 0.4) is 0 Å². The number of hydrogen-bond donors (Lipinski definition) is 2. The molecule has 0 bridgehead atoms. The lowest BCUT2D eigenvalue weighted by Crippen LogP contribution is -2.22. The number of carbonyl (C=O) groups is 3. The zero-order valence-electron chi connectivity index (χ0n) is 15.0. The number of nitrogens with zero attached hydrogens (tertiary/aromatic N) is 1. The molecule has 27 heavy (non-hydrogen) atoms. The standard InChI is InChI=1S/C17H19N3O6S/c1-11(21)12-8-15(18-9-12)17(23)26-10-16(22)19-13-4-6-14(7-5-13)27(24,25)20(2)3/h4-9,18H,10H2,1-3H3,(H,19,22). The van der Waals surface area contributed by atoms with Gasteiger partial charge in [-0.3, -0.25) is 9.59 Å². The van der Waals surface area contributed by atoms with E-state index in [0.717, 1.165) is 4.31 Å². The normalized spacial score (nSPS) is 11.3. The van der Waals surface area contributed by atoms with Crippen LogP contribution in [0.15, 0.2) is 41.4 Å². The number of esters is 1. The van der Waals surface area contributed by atoms with E-state index in [0.29, 0.717) is 11.3 Å². The molecule has 0 radical (unpaired) electrons. The average molecular weight is 393 g/mol. The van der Waals surface area contributed by atoms with Gasteiger partial charge in [-0.05, 0) is 37.3 Å². The molecule has 2 rings (SSSR count). The first-order chi connectivity index (χ1) is 12.6. The fourth-order valence-electron chi connectivity index (χ4n) is 2.04. The maximum atomic E-state index is 12.0. The van der Waals surface area contributed by atoms with E-state index in [9.17, 15) is 22.8 Å². The molecule has 1 heterocycles. The second-order valence-corrected chi connectivity index (χ2v) is 7.95. The molecule has 0 aliphatic carbocycles. The summed E-state index contributed by atoms with van der Waals surface area (Å²) >= 11 is 0. The lowest BCUT2D eigenvalue weighted by molar-refractivity contribution is -0.119. The Kier molecular flexibility index (Phi) is 6.13. The van der Waals surface area contributed by atoms with Crippen molar-refractivity contribution in [1.29, 1.82) is 0 Å². The van der Waals surface area contributed by atoms with Gasteiger partial charge in [0.05, 0.1) is 4.90 Å².